The molecule has 0 aromatic heterocycles. The quantitative estimate of drug-likeness (QED) is 0.477. The lowest BCUT2D eigenvalue weighted by Crippen LogP contribution is -2.23. The summed E-state index contributed by atoms with van der Waals surface area (Å²) in [5.41, 5.74) is 0. The van der Waals surface area contributed by atoms with Gasteiger partial charge in [0.05, 0.1) is 25.9 Å². The van der Waals surface area contributed by atoms with Gasteiger partial charge in [0.1, 0.15) is 6.10 Å². The summed E-state index contributed by atoms with van der Waals surface area (Å²) in [7, 11) is 0. The predicted molar refractivity (Wildman–Crippen MR) is 40.2 cm³/mol. The van der Waals surface area contributed by atoms with Crippen LogP contribution in [0.1, 0.15) is 13.3 Å². The molecule has 2 atom stereocenters. The van der Waals surface area contributed by atoms with Crippen molar-refractivity contribution in [3.8, 4) is 0 Å². The molecule has 0 rings (SSSR count). The Bertz CT molecular complexity index is 76.5. The van der Waals surface area contributed by atoms with E-state index in [0.29, 0.717) is 6.42 Å². The summed E-state index contributed by atoms with van der Waals surface area (Å²) in [6.45, 7) is 1.83. The fourth-order valence-electron chi connectivity index (χ4n) is 0.511. The minimum atomic E-state index is -0.834. The van der Waals surface area contributed by atoms with Crippen LogP contribution in [0.4, 0.5) is 0 Å². The molecule has 4 nitrogen and oxygen atoms in total. The number of ether oxygens (including phenoxy) is 1. The van der Waals surface area contributed by atoms with E-state index in [9.17, 15) is 0 Å². The minimum absolute atomic E-state index is 0.0769. The molecular weight excluding hydrogens is 148 g/mol. The fourth-order valence-corrected chi connectivity index (χ4v) is 0.511. The van der Waals surface area contributed by atoms with Gasteiger partial charge in [-0.1, -0.05) is 6.92 Å². The van der Waals surface area contributed by atoms with Gasteiger partial charge in [0.2, 0.25) is 0 Å². The first kappa shape index (κ1) is 10.8. The van der Waals surface area contributed by atoms with Gasteiger partial charge in [0.25, 0.3) is 0 Å². The maximum atomic E-state index is 8.97. The van der Waals surface area contributed by atoms with Crippen molar-refractivity contribution in [3.63, 3.8) is 0 Å². The van der Waals surface area contributed by atoms with Crippen LogP contribution in [0.3, 0.4) is 0 Å². The Labute approximate surface area is 66.4 Å². The van der Waals surface area contributed by atoms with Crippen molar-refractivity contribution in [1.82, 2.24) is 0 Å². The number of rotatable bonds is 6. The molecule has 0 heterocycles. The van der Waals surface area contributed by atoms with Gasteiger partial charge in [-0.25, -0.2) is 0 Å². The summed E-state index contributed by atoms with van der Waals surface area (Å²) >= 11 is 0. The first-order valence-corrected chi connectivity index (χ1v) is 3.75. The first-order valence-electron chi connectivity index (χ1n) is 3.75. The van der Waals surface area contributed by atoms with Crippen LogP contribution in [-0.2, 0) is 4.74 Å². The first-order chi connectivity index (χ1) is 5.20. The van der Waals surface area contributed by atoms with Crippen LogP contribution in [0, 0.1) is 0 Å². The van der Waals surface area contributed by atoms with Gasteiger partial charge in [-0.2, -0.15) is 0 Å². The highest BCUT2D eigenvalue weighted by atomic mass is 16.5. The molecule has 4 heteroatoms. The molecule has 0 fully saturated rings. The molecule has 68 valence electrons. The Morgan fingerprint density at radius 1 is 1.18 bits per heavy atom. The zero-order chi connectivity index (χ0) is 8.69. The highest BCUT2D eigenvalue weighted by Gasteiger charge is 2.04. The Hall–Kier alpha value is -0.160. The van der Waals surface area contributed by atoms with Crippen molar-refractivity contribution < 1.29 is 20.1 Å². The van der Waals surface area contributed by atoms with Gasteiger partial charge in [0, 0.05) is 0 Å². The van der Waals surface area contributed by atoms with Crippen LogP contribution in [0.2, 0.25) is 0 Å². The zero-order valence-electron chi connectivity index (χ0n) is 6.73. The van der Waals surface area contributed by atoms with Crippen LogP contribution in [0.25, 0.3) is 0 Å². The van der Waals surface area contributed by atoms with E-state index < -0.39 is 12.2 Å². The Balaban J connectivity index is 3.13. The third kappa shape index (κ3) is 6.25. The van der Waals surface area contributed by atoms with Gasteiger partial charge in [0.15, 0.2) is 0 Å². The molecule has 11 heavy (non-hydrogen) atoms. The summed E-state index contributed by atoms with van der Waals surface area (Å²) in [5, 5.41) is 26.1. The van der Waals surface area contributed by atoms with E-state index in [4.69, 9.17) is 20.1 Å². The predicted octanol–water partition coefficient (Wildman–Crippen LogP) is -0.873. The molecule has 0 radical (unpaired) electrons. The molecule has 2 unspecified atom stereocenters. The maximum Gasteiger partial charge on any atom is 0.100 e. The second-order valence-electron chi connectivity index (χ2n) is 2.44. The summed E-state index contributed by atoms with van der Waals surface area (Å²) in [6, 6.07) is 0. The molecule has 0 aliphatic carbocycles. The molecule has 0 saturated heterocycles. The van der Waals surface area contributed by atoms with Crippen LogP contribution in [-0.4, -0.2) is 47.3 Å². The van der Waals surface area contributed by atoms with Gasteiger partial charge in [-0.3, -0.25) is 0 Å². The second-order valence-corrected chi connectivity index (χ2v) is 2.44. The van der Waals surface area contributed by atoms with Gasteiger partial charge >= 0.3 is 0 Å². The highest BCUT2D eigenvalue weighted by molar-refractivity contribution is 4.52. The molecule has 0 saturated carbocycles. The Morgan fingerprint density at radius 2 is 1.73 bits per heavy atom. The van der Waals surface area contributed by atoms with Gasteiger partial charge in [-0.15, -0.1) is 0 Å². The van der Waals surface area contributed by atoms with E-state index in [1.54, 1.807) is 0 Å². The van der Waals surface area contributed by atoms with E-state index in [-0.39, 0.29) is 19.8 Å². The van der Waals surface area contributed by atoms with E-state index >= 15 is 0 Å². The lowest BCUT2D eigenvalue weighted by Gasteiger charge is -2.10. The largest absolute Gasteiger partial charge is 0.394 e. The molecule has 0 amide bonds. The van der Waals surface area contributed by atoms with Crippen molar-refractivity contribution in [3.05, 3.63) is 0 Å². The monoisotopic (exact) mass is 164 g/mol. The molecule has 0 aromatic carbocycles. The molecule has 0 bridgehead atoms. The highest BCUT2D eigenvalue weighted by Crippen LogP contribution is 1.91. The van der Waals surface area contributed by atoms with Crippen molar-refractivity contribution in [2.24, 2.45) is 0 Å². The summed E-state index contributed by atoms with van der Waals surface area (Å²) in [5.74, 6) is 0. The molecule has 0 aromatic rings. The van der Waals surface area contributed by atoms with Crippen molar-refractivity contribution in [2.75, 3.05) is 19.8 Å². The van der Waals surface area contributed by atoms with E-state index in [0.717, 1.165) is 0 Å². The summed E-state index contributed by atoms with van der Waals surface area (Å²) in [4.78, 5) is 0. The van der Waals surface area contributed by atoms with Crippen molar-refractivity contribution in [2.45, 2.75) is 25.6 Å². The number of aliphatic hydroxyl groups is 3. The lowest BCUT2D eigenvalue weighted by molar-refractivity contribution is -0.0247. The standard InChI is InChI=1S/C7H16O4/c1-2-6(9)4-11-5-7(10)3-8/h6-10H,2-5H2,1H3. The topological polar surface area (TPSA) is 69.9 Å². The Morgan fingerprint density at radius 3 is 2.18 bits per heavy atom. The molecular formula is C7H16O4. The van der Waals surface area contributed by atoms with E-state index in [2.05, 4.69) is 0 Å². The number of hydrogen-bond acceptors (Lipinski definition) is 4. The van der Waals surface area contributed by atoms with Crippen LogP contribution in [0.15, 0.2) is 0 Å². The Kier molecular flexibility index (Phi) is 6.45. The van der Waals surface area contributed by atoms with Gasteiger partial charge < -0.3 is 20.1 Å². The molecule has 0 aliphatic heterocycles. The normalized spacial score (nSPS) is 16.4. The van der Waals surface area contributed by atoms with E-state index in [1.807, 2.05) is 6.92 Å². The van der Waals surface area contributed by atoms with Crippen LogP contribution in [0.5, 0.6) is 0 Å². The summed E-state index contributed by atoms with van der Waals surface area (Å²) < 4.78 is 4.88. The van der Waals surface area contributed by atoms with Crippen molar-refractivity contribution in [1.29, 1.82) is 0 Å². The average molecular weight is 164 g/mol. The van der Waals surface area contributed by atoms with Crippen LogP contribution >= 0.6 is 0 Å². The summed E-state index contributed by atoms with van der Waals surface area (Å²) in [6.07, 6.45) is -0.671. The third-order valence-electron chi connectivity index (χ3n) is 1.30. The average Bonchev–Trinajstić information content (AvgIpc) is 2.04. The fraction of sp³-hybridized carbons (Fsp3) is 1.00. The smallest absolute Gasteiger partial charge is 0.100 e. The molecule has 3 N–H and O–H groups in total. The third-order valence-corrected chi connectivity index (χ3v) is 1.30. The second kappa shape index (κ2) is 6.54. The zero-order valence-corrected chi connectivity index (χ0v) is 6.73. The number of hydrogen-bond donors (Lipinski definition) is 3. The molecule has 0 spiro atoms. The lowest BCUT2D eigenvalue weighted by atomic mass is 10.3. The van der Waals surface area contributed by atoms with Crippen LogP contribution < -0.4 is 0 Å². The SMILES string of the molecule is CCC(O)COCC(O)CO. The number of aliphatic hydroxyl groups excluding tert-OH is 3. The van der Waals surface area contributed by atoms with Gasteiger partial charge in [-0.05, 0) is 6.42 Å². The molecule has 0 aliphatic rings. The van der Waals surface area contributed by atoms with Crippen molar-refractivity contribution >= 4 is 0 Å². The minimum Gasteiger partial charge on any atom is -0.394 e. The maximum absolute atomic E-state index is 8.97. The van der Waals surface area contributed by atoms with E-state index in [1.165, 1.54) is 0 Å².